The summed E-state index contributed by atoms with van der Waals surface area (Å²) in [4.78, 5) is 4.58. The quantitative estimate of drug-likeness (QED) is 0.710. The molecule has 1 fully saturated rings. The first-order valence-corrected chi connectivity index (χ1v) is 9.84. The second kappa shape index (κ2) is 9.11. The molecule has 2 aliphatic rings. The maximum atomic E-state index is 13.2. The molecule has 0 unspecified atom stereocenters. The van der Waals surface area contributed by atoms with Gasteiger partial charge in [-0.3, -0.25) is 0 Å². The monoisotopic (exact) mass is 419 g/mol. The van der Waals surface area contributed by atoms with Gasteiger partial charge >= 0.3 is 0 Å². The van der Waals surface area contributed by atoms with Crippen LogP contribution in [0.15, 0.2) is 23.2 Å². The third-order valence-electron chi connectivity index (χ3n) is 5.30. The van der Waals surface area contributed by atoms with Crippen LogP contribution >= 0.6 is 0 Å². The van der Waals surface area contributed by atoms with E-state index in [2.05, 4.69) is 15.2 Å². The van der Waals surface area contributed by atoms with Gasteiger partial charge in [0.05, 0.1) is 19.3 Å². The van der Waals surface area contributed by atoms with Crippen molar-refractivity contribution in [2.24, 2.45) is 4.99 Å². The fourth-order valence-corrected chi connectivity index (χ4v) is 3.72. The van der Waals surface area contributed by atoms with Gasteiger partial charge < -0.3 is 19.3 Å². The van der Waals surface area contributed by atoms with Crippen molar-refractivity contribution in [2.45, 2.75) is 51.4 Å². The number of ether oxygens (including phenoxy) is 3. The SMILES string of the molecule is COCOc1cc(C(F)F)ccc1-c1nnc(/N=C2\CCCC[C@H]2O)c2c1COC2. The Bertz CT molecular complexity index is 952. The van der Waals surface area contributed by atoms with Gasteiger partial charge in [0.1, 0.15) is 11.4 Å². The van der Waals surface area contributed by atoms with Crippen molar-refractivity contribution in [1.29, 1.82) is 0 Å². The van der Waals surface area contributed by atoms with Gasteiger partial charge in [-0.15, -0.1) is 10.2 Å². The third-order valence-corrected chi connectivity index (χ3v) is 5.30. The molecule has 2 heterocycles. The Morgan fingerprint density at radius 3 is 2.83 bits per heavy atom. The van der Waals surface area contributed by atoms with Crippen molar-refractivity contribution in [3.8, 4) is 17.0 Å². The molecule has 1 aromatic carbocycles. The van der Waals surface area contributed by atoms with Gasteiger partial charge in [0, 0.05) is 35.1 Å². The largest absolute Gasteiger partial charge is 0.467 e. The van der Waals surface area contributed by atoms with Crippen LogP contribution in [-0.4, -0.2) is 41.0 Å². The van der Waals surface area contributed by atoms with E-state index in [0.717, 1.165) is 30.4 Å². The number of rotatable bonds is 6. The molecular weight excluding hydrogens is 396 g/mol. The number of fused-ring (bicyclic) bond motifs is 1. The fourth-order valence-electron chi connectivity index (χ4n) is 3.72. The molecule has 0 radical (unpaired) electrons. The summed E-state index contributed by atoms with van der Waals surface area (Å²) in [6.07, 6.45) is 0.199. The van der Waals surface area contributed by atoms with Gasteiger partial charge in [0.25, 0.3) is 6.43 Å². The minimum absolute atomic E-state index is 0.0879. The number of aliphatic hydroxyl groups is 1. The lowest BCUT2D eigenvalue weighted by Gasteiger charge is -2.19. The number of aliphatic imine (C=N–C) groups is 1. The normalized spacial score (nSPS) is 20.0. The summed E-state index contributed by atoms with van der Waals surface area (Å²) in [5.41, 5.74) is 3.18. The lowest BCUT2D eigenvalue weighted by molar-refractivity contribution is 0.0511. The highest BCUT2D eigenvalue weighted by Gasteiger charge is 2.26. The predicted molar refractivity (Wildman–Crippen MR) is 105 cm³/mol. The molecule has 0 saturated heterocycles. The highest BCUT2D eigenvalue weighted by molar-refractivity contribution is 5.91. The van der Waals surface area contributed by atoms with E-state index < -0.39 is 12.5 Å². The summed E-state index contributed by atoms with van der Waals surface area (Å²) in [6.45, 7) is 0.541. The number of hydrogen-bond donors (Lipinski definition) is 1. The molecule has 0 amide bonds. The number of alkyl halides is 2. The Morgan fingerprint density at radius 1 is 1.23 bits per heavy atom. The van der Waals surface area contributed by atoms with Crippen LogP contribution in [0.4, 0.5) is 14.6 Å². The van der Waals surface area contributed by atoms with Crippen LogP contribution in [0.2, 0.25) is 0 Å². The fraction of sp³-hybridized carbons (Fsp3) is 0.476. The van der Waals surface area contributed by atoms with Crippen molar-refractivity contribution in [2.75, 3.05) is 13.9 Å². The van der Waals surface area contributed by atoms with Gasteiger partial charge in [-0.25, -0.2) is 13.8 Å². The molecule has 9 heteroatoms. The average Bonchev–Trinajstić information content (AvgIpc) is 3.24. The molecule has 1 atom stereocenters. The molecule has 30 heavy (non-hydrogen) atoms. The van der Waals surface area contributed by atoms with Crippen LogP contribution in [0, 0.1) is 0 Å². The molecular formula is C21H23F2N3O4. The number of halogens is 2. The van der Waals surface area contributed by atoms with E-state index in [1.807, 2.05) is 0 Å². The summed E-state index contributed by atoms with van der Waals surface area (Å²) < 4.78 is 42.4. The molecule has 4 rings (SSSR count). The summed E-state index contributed by atoms with van der Waals surface area (Å²) >= 11 is 0. The predicted octanol–water partition coefficient (Wildman–Crippen LogP) is 4.10. The first-order valence-electron chi connectivity index (χ1n) is 9.84. The van der Waals surface area contributed by atoms with Crippen LogP contribution < -0.4 is 4.74 Å². The molecule has 0 spiro atoms. The highest BCUT2D eigenvalue weighted by Crippen LogP contribution is 2.39. The maximum absolute atomic E-state index is 13.2. The number of aliphatic hydroxyl groups excluding tert-OH is 1. The second-order valence-corrected chi connectivity index (χ2v) is 7.29. The zero-order valence-corrected chi connectivity index (χ0v) is 16.6. The number of hydrogen-bond acceptors (Lipinski definition) is 7. The summed E-state index contributed by atoms with van der Waals surface area (Å²) in [5, 5.41) is 18.8. The highest BCUT2D eigenvalue weighted by atomic mass is 19.3. The van der Waals surface area contributed by atoms with Gasteiger partial charge in [0.2, 0.25) is 0 Å². The lowest BCUT2D eigenvalue weighted by atomic mass is 9.95. The summed E-state index contributed by atoms with van der Waals surface area (Å²) in [7, 11) is 1.45. The van der Waals surface area contributed by atoms with Crippen molar-refractivity contribution >= 4 is 11.5 Å². The van der Waals surface area contributed by atoms with E-state index in [1.54, 1.807) is 6.07 Å². The molecule has 1 N–H and O–H groups in total. The van der Waals surface area contributed by atoms with Crippen LogP contribution in [0.1, 0.15) is 48.8 Å². The smallest absolute Gasteiger partial charge is 0.263 e. The third kappa shape index (κ3) is 4.19. The molecule has 1 aliphatic heterocycles. The summed E-state index contributed by atoms with van der Waals surface area (Å²) in [6, 6.07) is 4.18. The van der Waals surface area contributed by atoms with Gasteiger partial charge in [-0.05, 0) is 31.4 Å². The number of aromatic nitrogens is 2. The molecule has 1 saturated carbocycles. The maximum Gasteiger partial charge on any atom is 0.263 e. The number of benzene rings is 1. The molecule has 1 aliphatic carbocycles. The van der Waals surface area contributed by atoms with Crippen LogP contribution in [0.3, 0.4) is 0 Å². The Balaban J connectivity index is 1.76. The van der Waals surface area contributed by atoms with Crippen LogP contribution in [0.5, 0.6) is 5.75 Å². The second-order valence-electron chi connectivity index (χ2n) is 7.29. The molecule has 160 valence electrons. The first-order chi connectivity index (χ1) is 14.6. The average molecular weight is 419 g/mol. The van der Waals surface area contributed by atoms with E-state index in [1.165, 1.54) is 19.2 Å². The Hall–Kier alpha value is -2.49. The molecule has 7 nitrogen and oxygen atoms in total. The zero-order valence-electron chi connectivity index (χ0n) is 16.6. The Labute approximate surface area is 172 Å². The van der Waals surface area contributed by atoms with Crippen LogP contribution in [-0.2, 0) is 22.7 Å². The topological polar surface area (TPSA) is 86.1 Å². The number of nitrogens with zero attached hydrogens (tertiary/aromatic N) is 3. The van der Waals surface area contributed by atoms with E-state index in [-0.39, 0.29) is 18.1 Å². The van der Waals surface area contributed by atoms with Gasteiger partial charge in [-0.2, -0.15) is 0 Å². The Morgan fingerprint density at radius 2 is 2.07 bits per heavy atom. The van der Waals surface area contributed by atoms with Crippen molar-refractivity contribution in [1.82, 2.24) is 10.2 Å². The van der Waals surface area contributed by atoms with Crippen molar-refractivity contribution in [3.63, 3.8) is 0 Å². The lowest BCUT2D eigenvalue weighted by Crippen LogP contribution is -2.24. The zero-order chi connectivity index (χ0) is 21.1. The van der Waals surface area contributed by atoms with Crippen LogP contribution in [0.25, 0.3) is 11.3 Å². The van der Waals surface area contributed by atoms with Crippen molar-refractivity contribution < 1.29 is 28.1 Å². The first kappa shape index (κ1) is 20.8. The molecule has 2 aromatic rings. The standard InChI is InChI=1S/C21H23F2N3O4/c1-28-11-30-18-8-12(20(22)23)6-7-13(18)19-14-9-29-10-15(14)21(26-25-19)24-16-4-2-3-5-17(16)27/h6-8,17,20,27H,2-5,9-11H2,1H3/b24-16+/t17-/m1/s1. The molecule has 0 bridgehead atoms. The van der Waals surface area contributed by atoms with Crippen molar-refractivity contribution in [3.05, 3.63) is 34.9 Å². The Kier molecular flexibility index (Phi) is 6.31. The van der Waals surface area contributed by atoms with E-state index in [0.29, 0.717) is 42.4 Å². The molecule has 1 aromatic heterocycles. The van der Waals surface area contributed by atoms with E-state index in [9.17, 15) is 13.9 Å². The van der Waals surface area contributed by atoms with E-state index >= 15 is 0 Å². The number of methoxy groups -OCH3 is 1. The van der Waals surface area contributed by atoms with Gasteiger partial charge in [0.15, 0.2) is 12.6 Å². The van der Waals surface area contributed by atoms with Gasteiger partial charge in [-0.1, -0.05) is 12.5 Å². The van der Waals surface area contributed by atoms with E-state index in [4.69, 9.17) is 14.2 Å². The minimum Gasteiger partial charge on any atom is -0.467 e. The minimum atomic E-state index is -2.62. The summed E-state index contributed by atoms with van der Waals surface area (Å²) in [5.74, 6) is 0.672.